The highest BCUT2D eigenvalue weighted by atomic mass is 16.5. The van der Waals surface area contributed by atoms with Crippen LogP contribution in [0.4, 0.5) is 5.69 Å². The van der Waals surface area contributed by atoms with Gasteiger partial charge >= 0.3 is 0 Å². The zero-order chi connectivity index (χ0) is 15.7. The van der Waals surface area contributed by atoms with Crippen LogP contribution in [0.3, 0.4) is 0 Å². The second-order valence-electron chi connectivity index (χ2n) is 4.82. The van der Waals surface area contributed by atoms with Crippen molar-refractivity contribution in [3.05, 3.63) is 42.0 Å². The molecule has 0 bridgehead atoms. The molecule has 0 radical (unpaired) electrons. The maximum atomic E-state index is 12.7. The first kappa shape index (κ1) is 14.1. The van der Waals surface area contributed by atoms with Gasteiger partial charge in [-0.2, -0.15) is 0 Å². The number of phenolic OH excluding ortho intramolecular Hbond substituents is 2. The van der Waals surface area contributed by atoms with Crippen LogP contribution >= 0.6 is 0 Å². The number of hydrogen-bond donors (Lipinski definition) is 2. The van der Waals surface area contributed by atoms with Gasteiger partial charge in [-0.15, -0.1) is 0 Å². The smallest absolute Gasteiger partial charge is 0.258 e. The van der Waals surface area contributed by atoms with Crippen LogP contribution in [0.25, 0.3) is 0 Å². The number of rotatable bonds is 2. The van der Waals surface area contributed by atoms with E-state index in [1.54, 1.807) is 17.0 Å². The summed E-state index contributed by atoms with van der Waals surface area (Å²) in [5, 5.41) is 19.4. The molecule has 2 aromatic carbocycles. The number of aromatic hydroxyl groups is 2. The van der Waals surface area contributed by atoms with E-state index in [9.17, 15) is 15.0 Å². The Balaban J connectivity index is 2.01. The van der Waals surface area contributed by atoms with Crippen molar-refractivity contribution in [2.45, 2.75) is 0 Å². The molecule has 1 heterocycles. The maximum absolute atomic E-state index is 12.7. The molecule has 0 saturated carbocycles. The molecule has 0 spiro atoms. The van der Waals surface area contributed by atoms with Crippen molar-refractivity contribution >= 4 is 11.6 Å². The van der Waals surface area contributed by atoms with Crippen LogP contribution in [-0.4, -0.2) is 36.4 Å². The molecule has 2 aromatic rings. The number of carbonyl (C=O) groups is 1. The summed E-state index contributed by atoms with van der Waals surface area (Å²) < 4.78 is 10.5. The number of carbonyl (C=O) groups excluding carboxylic acids is 1. The molecule has 1 aliphatic rings. The van der Waals surface area contributed by atoms with Gasteiger partial charge < -0.3 is 24.6 Å². The first-order valence-electron chi connectivity index (χ1n) is 6.75. The number of phenols is 2. The second-order valence-corrected chi connectivity index (χ2v) is 4.82. The average molecular weight is 301 g/mol. The van der Waals surface area contributed by atoms with E-state index in [4.69, 9.17) is 9.47 Å². The van der Waals surface area contributed by atoms with E-state index in [1.165, 1.54) is 19.2 Å². The average Bonchev–Trinajstić information content (AvgIpc) is 2.56. The van der Waals surface area contributed by atoms with E-state index < -0.39 is 5.75 Å². The predicted octanol–water partition coefficient (Wildman–Crippen LogP) is 2.15. The van der Waals surface area contributed by atoms with E-state index in [0.717, 1.165) is 0 Å². The predicted molar refractivity (Wildman–Crippen MR) is 79.9 cm³/mol. The third-order valence-electron chi connectivity index (χ3n) is 3.50. The van der Waals surface area contributed by atoms with Gasteiger partial charge in [0.2, 0.25) is 5.75 Å². The van der Waals surface area contributed by atoms with Gasteiger partial charge in [0.15, 0.2) is 11.5 Å². The van der Waals surface area contributed by atoms with Crippen LogP contribution in [0.15, 0.2) is 36.4 Å². The number of ether oxygens (including phenoxy) is 2. The molecule has 2 N–H and O–H groups in total. The third-order valence-corrected chi connectivity index (χ3v) is 3.50. The summed E-state index contributed by atoms with van der Waals surface area (Å²) in [6.45, 7) is 0.795. The molecule has 0 fully saturated rings. The highest BCUT2D eigenvalue weighted by Gasteiger charge is 2.26. The Hall–Kier alpha value is -2.89. The van der Waals surface area contributed by atoms with E-state index >= 15 is 0 Å². The molecule has 22 heavy (non-hydrogen) atoms. The van der Waals surface area contributed by atoms with E-state index in [1.807, 2.05) is 12.1 Å². The molecular formula is C16H15NO5. The lowest BCUT2D eigenvalue weighted by molar-refractivity contribution is 0.0976. The summed E-state index contributed by atoms with van der Waals surface area (Å²) in [6.07, 6.45) is 0. The minimum absolute atomic E-state index is 0.0462. The Morgan fingerprint density at radius 1 is 1.27 bits per heavy atom. The quantitative estimate of drug-likeness (QED) is 0.831. The van der Waals surface area contributed by atoms with Crippen LogP contribution in [0.2, 0.25) is 0 Å². The number of amides is 1. The first-order valence-corrected chi connectivity index (χ1v) is 6.75. The number of para-hydroxylation sites is 2. The summed E-state index contributed by atoms with van der Waals surface area (Å²) in [7, 11) is 1.35. The normalized spacial score (nSPS) is 13.2. The van der Waals surface area contributed by atoms with Crippen LogP contribution in [0.5, 0.6) is 23.0 Å². The maximum Gasteiger partial charge on any atom is 0.258 e. The molecule has 0 saturated heterocycles. The van der Waals surface area contributed by atoms with Gasteiger partial charge in [0.1, 0.15) is 12.4 Å². The molecule has 0 aliphatic carbocycles. The summed E-state index contributed by atoms with van der Waals surface area (Å²) >= 11 is 0. The molecular weight excluding hydrogens is 286 g/mol. The zero-order valence-corrected chi connectivity index (χ0v) is 11.9. The van der Waals surface area contributed by atoms with Gasteiger partial charge in [-0.1, -0.05) is 12.1 Å². The fourth-order valence-electron chi connectivity index (χ4n) is 2.41. The second kappa shape index (κ2) is 5.48. The monoisotopic (exact) mass is 301 g/mol. The fraction of sp³-hybridized carbons (Fsp3) is 0.188. The van der Waals surface area contributed by atoms with E-state index in [-0.39, 0.29) is 23.0 Å². The summed E-state index contributed by atoms with van der Waals surface area (Å²) in [6, 6.07) is 9.87. The molecule has 1 aliphatic heterocycles. The molecule has 1 amide bonds. The van der Waals surface area contributed by atoms with Gasteiger partial charge in [0.25, 0.3) is 5.91 Å². The Kier molecular flexibility index (Phi) is 3.50. The van der Waals surface area contributed by atoms with Gasteiger partial charge in [-0.05, 0) is 24.3 Å². The van der Waals surface area contributed by atoms with Gasteiger partial charge in [0.05, 0.1) is 19.3 Å². The molecule has 0 unspecified atom stereocenters. The Labute approximate surface area is 127 Å². The van der Waals surface area contributed by atoms with Crippen LogP contribution in [0.1, 0.15) is 10.4 Å². The lowest BCUT2D eigenvalue weighted by atomic mass is 10.1. The zero-order valence-electron chi connectivity index (χ0n) is 11.9. The molecule has 114 valence electrons. The van der Waals surface area contributed by atoms with Crippen molar-refractivity contribution in [3.8, 4) is 23.0 Å². The highest BCUT2D eigenvalue weighted by Crippen LogP contribution is 2.38. The first-order chi connectivity index (χ1) is 10.6. The number of anilines is 1. The summed E-state index contributed by atoms with van der Waals surface area (Å²) in [5.41, 5.74) is 0.897. The molecule has 6 nitrogen and oxygen atoms in total. The Bertz CT molecular complexity index is 728. The Morgan fingerprint density at radius 3 is 2.82 bits per heavy atom. The molecule has 3 rings (SSSR count). The minimum Gasteiger partial charge on any atom is -0.504 e. The molecule has 0 atom stereocenters. The third kappa shape index (κ3) is 2.28. The van der Waals surface area contributed by atoms with Crippen molar-refractivity contribution in [1.82, 2.24) is 0 Å². The number of methoxy groups -OCH3 is 1. The topological polar surface area (TPSA) is 79.2 Å². The number of fused-ring (bicyclic) bond motifs is 1. The van der Waals surface area contributed by atoms with Crippen LogP contribution in [-0.2, 0) is 0 Å². The minimum atomic E-state index is -0.399. The van der Waals surface area contributed by atoms with Crippen molar-refractivity contribution in [1.29, 1.82) is 0 Å². The van der Waals surface area contributed by atoms with Crippen LogP contribution < -0.4 is 14.4 Å². The van der Waals surface area contributed by atoms with Crippen molar-refractivity contribution in [3.63, 3.8) is 0 Å². The molecule has 0 aromatic heterocycles. The number of nitrogens with zero attached hydrogens (tertiary/aromatic N) is 1. The fourth-order valence-corrected chi connectivity index (χ4v) is 2.41. The van der Waals surface area contributed by atoms with Gasteiger partial charge in [0, 0.05) is 5.56 Å². The van der Waals surface area contributed by atoms with Crippen molar-refractivity contribution in [2.75, 3.05) is 25.2 Å². The van der Waals surface area contributed by atoms with Crippen molar-refractivity contribution < 1.29 is 24.5 Å². The largest absolute Gasteiger partial charge is 0.504 e. The number of hydrogen-bond acceptors (Lipinski definition) is 5. The van der Waals surface area contributed by atoms with Gasteiger partial charge in [-0.3, -0.25) is 4.79 Å². The highest BCUT2D eigenvalue weighted by molar-refractivity contribution is 6.07. The summed E-state index contributed by atoms with van der Waals surface area (Å²) in [4.78, 5) is 14.3. The van der Waals surface area contributed by atoms with E-state index in [2.05, 4.69) is 0 Å². The summed E-state index contributed by atoms with van der Waals surface area (Å²) in [5.74, 6) is -0.406. The number of benzene rings is 2. The standard InChI is InChI=1S/C16H15NO5/c1-21-14-9-10(8-12(18)15(14)19)16(20)17-6-7-22-13-5-3-2-4-11(13)17/h2-5,8-9,18-19H,6-7H2,1H3. The molecule has 6 heteroatoms. The SMILES string of the molecule is COc1cc(C(=O)N2CCOc3ccccc32)cc(O)c1O. The lowest BCUT2D eigenvalue weighted by Crippen LogP contribution is -2.37. The lowest BCUT2D eigenvalue weighted by Gasteiger charge is -2.29. The Morgan fingerprint density at radius 2 is 2.05 bits per heavy atom. The van der Waals surface area contributed by atoms with E-state index in [0.29, 0.717) is 24.6 Å². The van der Waals surface area contributed by atoms with Crippen molar-refractivity contribution in [2.24, 2.45) is 0 Å². The van der Waals surface area contributed by atoms with Gasteiger partial charge in [-0.25, -0.2) is 0 Å². The van der Waals surface area contributed by atoms with Crippen LogP contribution in [0, 0.1) is 0 Å².